The van der Waals surface area contributed by atoms with Gasteiger partial charge < -0.3 is 18.6 Å². The molecule has 35 heavy (non-hydrogen) atoms. The lowest BCUT2D eigenvalue weighted by Gasteiger charge is -2.37. The van der Waals surface area contributed by atoms with Gasteiger partial charge in [0.05, 0.1) is 0 Å². The van der Waals surface area contributed by atoms with Crippen molar-refractivity contribution in [1.82, 2.24) is 0 Å². The van der Waals surface area contributed by atoms with Crippen LogP contribution in [-0.2, 0) is 0 Å². The fourth-order valence-corrected chi connectivity index (χ4v) is 5.98. The molecule has 0 bridgehead atoms. The maximum absolute atomic E-state index is 6.66. The van der Waals surface area contributed by atoms with Crippen LogP contribution >= 0.6 is 0 Å². The average molecular weight is 450 g/mol. The lowest BCUT2D eigenvalue weighted by molar-refractivity contribution is 0.443. The number of ether oxygens (including phenoxy) is 3. The van der Waals surface area contributed by atoms with Gasteiger partial charge in [-0.15, -0.1) is 0 Å². The summed E-state index contributed by atoms with van der Waals surface area (Å²) in [5, 5.41) is 2.20. The number of benzene rings is 5. The highest BCUT2D eigenvalue weighted by molar-refractivity contribution is 6.99. The maximum atomic E-state index is 6.66. The van der Waals surface area contributed by atoms with E-state index in [1.807, 2.05) is 54.6 Å². The Bertz CT molecular complexity index is 1870. The zero-order valence-electron chi connectivity index (χ0n) is 18.4. The van der Waals surface area contributed by atoms with Crippen LogP contribution in [0.3, 0.4) is 0 Å². The lowest BCUT2D eigenvalue weighted by atomic mass is 9.33. The monoisotopic (exact) mass is 450 g/mol. The number of fused-ring (bicyclic) bond motifs is 3. The highest BCUT2D eigenvalue weighted by Crippen LogP contribution is 2.46. The topological polar surface area (TPSA) is 40.8 Å². The lowest BCUT2D eigenvalue weighted by Crippen LogP contribution is -2.59. The molecule has 0 unspecified atom stereocenters. The first-order valence-electron chi connectivity index (χ1n) is 11.7. The van der Waals surface area contributed by atoms with Crippen LogP contribution in [0.4, 0.5) is 0 Å². The number of hydrogen-bond donors (Lipinski definition) is 0. The summed E-state index contributed by atoms with van der Waals surface area (Å²) in [6.45, 7) is -0.0107. The molecule has 0 aliphatic carbocycles. The molecule has 0 radical (unpaired) electrons. The van der Waals surface area contributed by atoms with E-state index >= 15 is 0 Å². The van der Waals surface area contributed by atoms with Crippen LogP contribution in [0.1, 0.15) is 0 Å². The molecule has 5 heteroatoms. The van der Waals surface area contributed by atoms with E-state index in [0.29, 0.717) is 0 Å². The van der Waals surface area contributed by atoms with Gasteiger partial charge in [-0.3, -0.25) is 0 Å². The van der Waals surface area contributed by atoms with Crippen molar-refractivity contribution in [1.29, 1.82) is 0 Å². The van der Waals surface area contributed by atoms with Crippen molar-refractivity contribution in [3.63, 3.8) is 0 Å². The number of hydrogen-bond acceptors (Lipinski definition) is 4. The second-order valence-corrected chi connectivity index (χ2v) is 9.21. The zero-order valence-corrected chi connectivity index (χ0v) is 18.4. The molecular weight excluding hydrogens is 435 g/mol. The summed E-state index contributed by atoms with van der Waals surface area (Å²) in [6, 6.07) is 30.6. The summed E-state index contributed by atoms with van der Waals surface area (Å²) in [5.74, 6) is 4.95. The average Bonchev–Trinajstić information content (AvgIpc) is 3.28. The molecule has 0 N–H and O–H groups in total. The van der Waals surface area contributed by atoms with Gasteiger partial charge in [-0.05, 0) is 42.5 Å². The Balaban J connectivity index is 1.38. The molecule has 0 atom stereocenters. The Morgan fingerprint density at radius 2 is 1.09 bits per heavy atom. The van der Waals surface area contributed by atoms with Gasteiger partial charge in [-0.25, -0.2) is 0 Å². The maximum Gasteiger partial charge on any atom is 0.270 e. The summed E-state index contributed by atoms with van der Waals surface area (Å²) in [7, 11) is 0. The van der Waals surface area contributed by atoms with Gasteiger partial charge >= 0.3 is 0 Å². The molecule has 5 aromatic carbocycles. The SMILES string of the molecule is c1cc2c3c(c1)Oc1ccc(-c4cccc5c4oc4ccccc45)c4c1B3c1c(cccc1O4)O2. The van der Waals surface area contributed by atoms with Crippen molar-refractivity contribution in [3.05, 3.63) is 91.0 Å². The van der Waals surface area contributed by atoms with E-state index in [1.165, 1.54) is 0 Å². The smallest absolute Gasteiger partial charge is 0.270 e. The Kier molecular flexibility index (Phi) is 3.09. The molecule has 4 heterocycles. The fourth-order valence-electron chi connectivity index (χ4n) is 5.98. The first-order chi connectivity index (χ1) is 17.3. The third kappa shape index (κ3) is 2.14. The van der Waals surface area contributed by atoms with Gasteiger partial charge in [0.25, 0.3) is 6.71 Å². The summed E-state index contributed by atoms with van der Waals surface area (Å²) in [4.78, 5) is 0. The minimum Gasteiger partial charge on any atom is -0.458 e. The first-order valence-corrected chi connectivity index (χ1v) is 11.7. The second-order valence-electron chi connectivity index (χ2n) is 9.21. The molecule has 4 nitrogen and oxygen atoms in total. The van der Waals surface area contributed by atoms with Gasteiger partial charge in [-0.2, -0.15) is 0 Å². The van der Waals surface area contributed by atoms with E-state index in [2.05, 4.69) is 36.4 Å². The van der Waals surface area contributed by atoms with Crippen LogP contribution in [0.25, 0.3) is 33.1 Å². The molecule has 9 rings (SSSR count). The van der Waals surface area contributed by atoms with Crippen LogP contribution in [0.5, 0.6) is 34.5 Å². The number of rotatable bonds is 1. The molecular formula is C30H15BO4. The van der Waals surface area contributed by atoms with Crippen LogP contribution < -0.4 is 30.6 Å². The van der Waals surface area contributed by atoms with Crippen LogP contribution in [0.2, 0.25) is 0 Å². The summed E-state index contributed by atoms with van der Waals surface area (Å²) in [5.41, 5.74) is 6.88. The predicted octanol–water partition coefficient (Wildman–Crippen LogP) is 6.09. The highest BCUT2D eigenvalue weighted by atomic mass is 16.5. The molecule has 162 valence electrons. The molecule has 0 saturated heterocycles. The van der Waals surface area contributed by atoms with Crippen LogP contribution in [0, 0.1) is 0 Å². The van der Waals surface area contributed by atoms with E-state index in [-0.39, 0.29) is 6.71 Å². The van der Waals surface area contributed by atoms with Crippen molar-refractivity contribution in [2.75, 3.05) is 0 Å². The van der Waals surface area contributed by atoms with Gasteiger partial charge in [0.1, 0.15) is 45.7 Å². The van der Waals surface area contributed by atoms with Crippen molar-refractivity contribution in [2.24, 2.45) is 0 Å². The number of para-hydroxylation sites is 2. The number of furan rings is 1. The van der Waals surface area contributed by atoms with E-state index in [0.717, 1.165) is 84.0 Å². The standard InChI is InChI=1S/C30H15BO4/c1-2-9-20-16(6-1)17-7-3-8-18(29(17)34-20)19-14-15-25-28-30(19)35-24-13-5-12-23-27(24)31(28)26-21(32-23)10-4-11-22(26)33-25/h1-15H. The third-order valence-corrected chi connectivity index (χ3v) is 7.42. The largest absolute Gasteiger partial charge is 0.458 e. The zero-order chi connectivity index (χ0) is 22.7. The molecule has 1 aromatic heterocycles. The van der Waals surface area contributed by atoms with E-state index in [9.17, 15) is 0 Å². The minimum atomic E-state index is -0.0107. The Morgan fingerprint density at radius 3 is 1.86 bits per heavy atom. The molecule has 0 spiro atoms. The van der Waals surface area contributed by atoms with Crippen molar-refractivity contribution < 1.29 is 18.6 Å². The molecule has 0 amide bonds. The summed E-state index contributed by atoms with van der Waals surface area (Å²) in [6.07, 6.45) is 0. The summed E-state index contributed by atoms with van der Waals surface area (Å²) >= 11 is 0. The van der Waals surface area contributed by atoms with Crippen molar-refractivity contribution >= 4 is 45.0 Å². The van der Waals surface area contributed by atoms with Crippen molar-refractivity contribution in [3.8, 4) is 45.6 Å². The predicted molar refractivity (Wildman–Crippen MR) is 137 cm³/mol. The first kappa shape index (κ1) is 17.8. The minimum absolute atomic E-state index is 0.0107. The Hall–Kier alpha value is -4.64. The third-order valence-electron chi connectivity index (χ3n) is 7.42. The summed E-state index contributed by atoms with van der Waals surface area (Å²) < 4.78 is 25.7. The Morgan fingerprint density at radius 1 is 0.457 bits per heavy atom. The molecule has 0 fully saturated rings. The van der Waals surface area contributed by atoms with Gasteiger partial charge in [-0.1, -0.05) is 48.5 Å². The van der Waals surface area contributed by atoms with Crippen molar-refractivity contribution in [2.45, 2.75) is 0 Å². The fraction of sp³-hybridized carbons (Fsp3) is 0. The molecule has 6 aromatic rings. The molecule has 3 aliphatic rings. The normalized spacial score (nSPS) is 13.8. The van der Waals surface area contributed by atoms with E-state index in [4.69, 9.17) is 18.6 Å². The van der Waals surface area contributed by atoms with Crippen LogP contribution in [-0.4, -0.2) is 6.71 Å². The Labute approximate surface area is 200 Å². The highest BCUT2D eigenvalue weighted by Gasteiger charge is 2.47. The van der Waals surface area contributed by atoms with E-state index in [1.54, 1.807) is 0 Å². The van der Waals surface area contributed by atoms with Gasteiger partial charge in [0.15, 0.2) is 0 Å². The van der Waals surface area contributed by atoms with Gasteiger partial charge in [0, 0.05) is 38.3 Å². The molecule has 3 aliphatic heterocycles. The second kappa shape index (κ2) is 6.07. The van der Waals surface area contributed by atoms with E-state index < -0.39 is 0 Å². The van der Waals surface area contributed by atoms with Crippen LogP contribution in [0.15, 0.2) is 95.4 Å². The quantitative estimate of drug-likeness (QED) is 0.284. The van der Waals surface area contributed by atoms with Gasteiger partial charge in [0.2, 0.25) is 0 Å². The molecule has 0 saturated carbocycles.